The number of halogens is 4. The maximum absolute atomic E-state index is 12.3. The Labute approximate surface area is 139 Å². The summed E-state index contributed by atoms with van der Waals surface area (Å²) in [5.74, 6) is 0. The molecular formula is C11H14Cl4N2O2S. The molecule has 1 saturated heterocycles. The van der Waals surface area contributed by atoms with Crippen molar-refractivity contribution < 1.29 is 8.42 Å². The second-order valence-electron chi connectivity index (χ2n) is 4.36. The number of piperidine rings is 1. The molecule has 2 N–H and O–H groups in total. The highest BCUT2D eigenvalue weighted by atomic mass is 35.5. The minimum atomic E-state index is -3.75. The van der Waals surface area contributed by atoms with Crippen LogP contribution in [-0.2, 0) is 10.0 Å². The molecule has 0 radical (unpaired) electrons. The second-order valence-corrected chi connectivity index (χ2v) is 7.26. The van der Waals surface area contributed by atoms with Gasteiger partial charge >= 0.3 is 0 Å². The molecule has 1 unspecified atom stereocenters. The topological polar surface area (TPSA) is 58.2 Å². The smallest absolute Gasteiger partial charge is 0.243 e. The van der Waals surface area contributed by atoms with E-state index >= 15 is 0 Å². The Morgan fingerprint density at radius 3 is 2.30 bits per heavy atom. The molecule has 0 amide bonds. The highest BCUT2D eigenvalue weighted by Crippen LogP contribution is 2.32. The SMILES string of the molecule is Cl.O=S(=O)(NC1CCCNC1)c1c(Cl)cc(Cl)cc1Cl. The van der Waals surface area contributed by atoms with Crippen molar-refractivity contribution in [2.75, 3.05) is 13.1 Å². The number of sulfonamides is 1. The van der Waals surface area contributed by atoms with E-state index in [2.05, 4.69) is 10.0 Å². The fourth-order valence-corrected chi connectivity index (χ4v) is 4.83. The average molecular weight is 380 g/mol. The van der Waals surface area contributed by atoms with Crippen LogP contribution in [0.4, 0.5) is 0 Å². The highest BCUT2D eigenvalue weighted by Gasteiger charge is 2.26. The molecule has 2 rings (SSSR count). The molecule has 0 saturated carbocycles. The van der Waals surface area contributed by atoms with Crippen LogP contribution in [0.3, 0.4) is 0 Å². The standard InChI is InChI=1S/C11H13Cl3N2O2S.ClH/c12-7-4-9(13)11(10(14)5-7)19(17,18)16-8-2-1-3-15-6-8;/h4-5,8,15-16H,1-3,6H2;1H. The molecule has 0 aromatic heterocycles. The van der Waals surface area contributed by atoms with Gasteiger partial charge in [-0.15, -0.1) is 12.4 Å². The molecule has 0 spiro atoms. The van der Waals surface area contributed by atoms with Crippen molar-refractivity contribution in [1.82, 2.24) is 10.0 Å². The quantitative estimate of drug-likeness (QED) is 0.848. The van der Waals surface area contributed by atoms with E-state index in [1.165, 1.54) is 12.1 Å². The van der Waals surface area contributed by atoms with E-state index in [1.54, 1.807) is 0 Å². The number of hydrogen-bond donors (Lipinski definition) is 2. The molecule has 9 heteroatoms. The van der Waals surface area contributed by atoms with Gasteiger partial charge in [0.25, 0.3) is 0 Å². The third-order valence-corrected chi connectivity index (χ3v) is 5.51. The summed E-state index contributed by atoms with van der Waals surface area (Å²) in [7, 11) is -3.75. The first-order valence-corrected chi connectivity index (χ1v) is 8.39. The van der Waals surface area contributed by atoms with Crippen LogP contribution in [0.15, 0.2) is 17.0 Å². The van der Waals surface area contributed by atoms with Crippen LogP contribution >= 0.6 is 47.2 Å². The Kier molecular flexibility index (Phi) is 6.86. The van der Waals surface area contributed by atoms with E-state index in [9.17, 15) is 8.42 Å². The molecule has 1 aliphatic rings. The molecule has 20 heavy (non-hydrogen) atoms. The van der Waals surface area contributed by atoms with Crippen LogP contribution < -0.4 is 10.0 Å². The Bertz CT molecular complexity index is 551. The van der Waals surface area contributed by atoms with Crippen LogP contribution in [-0.4, -0.2) is 27.5 Å². The average Bonchev–Trinajstić information content (AvgIpc) is 2.27. The summed E-state index contributed by atoms with van der Waals surface area (Å²) < 4.78 is 27.2. The van der Waals surface area contributed by atoms with Crippen molar-refractivity contribution in [3.05, 3.63) is 27.2 Å². The summed E-state index contributed by atoms with van der Waals surface area (Å²) in [6, 6.07) is 2.58. The summed E-state index contributed by atoms with van der Waals surface area (Å²) in [4.78, 5) is -0.120. The monoisotopic (exact) mass is 378 g/mol. The zero-order valence-corrected chi connectivity index (χ0v) is 14.2. The number of rotatable bonds is 3. The van der Waals surface area contributed by atoms with E-state index in [0.29, 0.717) is 11.6 Å². The molecule has 1 heterocycles. The molecular weight excluding hydrogens is 366 g/mol. The first kappa shape index (κ1) is 18.3. The largest absolute Gasteiger partial charge is 0.315 e. The first-order chi connectivity index (χ1) is 8.90. The second kappa shape index (κ2) is 7.49. The van der Waals surface area contributed by atoms with Crippen LogP contribution in [0.5, 0.6) is 0 Å². The Morgan fingerprint density at radius 1 is 1.20 bits per heavy atom. The van der Waals surface area contributed by atoms with Gasteiger partial charge in [0.05, 0.1) is 10.0 Å². The normalized spacial score (nSPS) is 19.4. The maximum Gasteiger partial charge on any atom is 0.243 e. The first-order valence-electron chi connectivity index (χ1n) is 5.78. The van der Waals surface area contributed by atoms with Crippen LogP contribution in [0, 0.1) is 0 Å². The summed E-state index contributed by atoms with van der Waals surface area (Å²) in [5.41, 5.74) is 0. The van der Waals surface area contributed by atoms with Crippen molar-refractivity contribution in [1.29, 1.82) is 0 Å². The summed E-state index contributed by atoms with van der Waals surface area (Å²) in [6.07, 6.45) is 1.71. The van der Waals surface area contributed by atoms with Crippen LogP contribution in [0.2, 0.25) is 15.1 Å². The molecule has 4 nitrogen and oxygen atoms in total. The maximum atomic E-state index is 12.3. The van der Waals surface area contributed by atoms with Gasteiger partial charge in [-0.25, -0.2) is 13.1 Å². The number of hydrogen-bond acceptors (Lipinski definition) is 3. The predicted octanol–water partition coefficient (Wildman–Crippen LogP) is 3.10. The lowest BCUT2D eigenvalue weighted by atomic mass is 10.1. The zero-order chi connectivity index (χ0) is 14.0. The van der Waals surface area contributed by atoms with Gasteiger partial charge in [0.1, 0.15) is 4.90 Å². The molecule has 1 aromatic carbocycles. The minimum Gasteiger partial charge on any atom is -0.315 e. The minimum absolute atomic E-state index is 0. The molecule has 1 aromatic rings. The molecule has 0 bridgehead atoms. The molecule has 0 aliphatic carbocycles. The zero-order valence-electron chi connectivity index (χ0n) is 10.3. The van der Waals surface area contributed by atoms with E-state index in [0.717, 1.165) is 19.4 Å². The number of nitrogens with one attached hydrogen (secondary N) is 2. The van der Waals surface area contributed by atoms with Crippen molar-refractivity contribution >= 4 is 57.2 Å². The Morgan fingerprint density at radius 2 is 1.80 bits per heavy atom. The van der Waals surface area contributed by atoms with Crippen LogP contribution in [0.1, 0.15) is 12.8 Å². The van der Waals surface area contributed by atoms with E-state index < -0.39 is 10.0 Å². The van der Waals surface area contributed by atoms with Crippen molar-refractivity contribution in [3.63, 3.8) is 0 Å². The summed E-state index contributed by atoms with van der Waals surface area (Å²) in [6.45, 7) is 1.50. The molecule has 1 aliphatic heterocycles. The lowest BCUT2D eigenvalue weighted by Gasteiger charge is -2.24. The fraction of sp³-hybridized carbons (Fsp3) is 0.455. The molecule has 1 atom stereocenters. The highest BCUT2D eigenvalue weighted by molar-refractivity contribution is 7.89. The lowest BCUT2D eigenvalue weighted by molar-refractivity contribution is 0.428. The summed E-state index contributed by atoms with van der Waals surface area (Å²) in [5, 5.41) is 3.48. The van der Waals surface area contributed by atoms with Gasteiger partial charge in [0.15, 0.2) is 0 Å². The van der Waals surface area contributed by atoms with Gasteiger partial charge in [0, 0.05) is 17.6 Å². The van der Waals surface area contributed by atoms with Crippen molar-refractivity contribution in [3.8, 4) is 0 Å². The van der Waals surface area contributed by atoms with E-state index in [-0.39, 0.29) is 33.4 Å². The molecule has 1 fully saturated rings. The van der Waals surface area contributed by atoms with Gasteiger partial charge in [0.2, 0.25) is 10.0 Å². The summed E-state index contributed by atoms with van der Waals surface area (Å²) >= 11 is 17.6. The van der Waals surface area contributed by atoms with Crippen molar-refractivity contribution in [2.24, 2.45) is 0 Å². The molecule has 114 valence electrons. The Balaban J connectivity index is 0.00000200. The lowest BCUT2D eigenvalue weighted by Crippen LogP contribution is -2.45. The van der Waals surface area contributed by atoms with Gasteiger partial charge in [-0.2, -0.15) is 0 Å². The van der Waals surface area contributed by atoms with E-state index in [4.69, 9.17) is 34.8 Å². The third-order valence-electron chi connectivity index (χ3n) is 2.85. The Hall–Kier alpha value is 0.250. The predicted molar refractivity (Wildman–Crippen MR) is 84.9 cm³/mol. The number of benzene rings is 1. The van der Waals surface area contributed by atoms with E-state index in [1.807, 2.05) is 0 Å². The van der Waals surface area contributed by atoms with Gasteiger partial charge in [-0.1, -0.05) is 34.8 Å². The van der Waals surface area contributed by atoms with Gasteiger partial charge in [-0.3, -0.25) is 0 Å². The van der Waals surface area contributed by atoms with Gasteiger partial charge < -0.3 is 5.32 Å². The van der Waals surface area contributed by atoms with Crippen LogP contribution in [0.25, 0.3) is 0 Å². The fourth-order valence-electron chi connectivity index (χ4n) is 2.02. The van der Waals surface area contributed by atoms with Crippen molar-refractivity contribution in [2.45, 2.75) is 23.8 Å². The third kappa shape index (κ3) is 4.37. The van der Waals surface area contributed by atoms with Gasteiger partial charge in [-0.05, 0) is 31.5 Å².